The van der Waals surface area contributed by atoms with Gasteiger partial charge in [-0.2, -0.15) is 5.26 Å². The molecule has 3 unspecified atom stereocenters. The molecule has 3 atom stereocenters. The Bertz CT molecular complexity index is 317. The average molecular weight is 279 g/mol. The molecule has 3 nitrogen and oxygen atoms in total. The lowest BCUT2D eigenvalue weighted by molar-refractivity contribution is 0.115. The number of nitrogens with one attached hydrogen (secondary N) is 1. The maximum absolute atomic E-state index is 9.83. The monoisotopic (exact) mass is 279 g/mol. The van der Waals surface area contributed by atoms with Gasteiger partial charge in [-0.3, -0.25) is 5.32 Å². The molecule has 0 aromatic heterocycles. The van der Waals surface area contributed by atoms with Gasteiger partial charge in [0.2, 0.25) is 0 Å². The van der Waals surface area contributed by atoms with E-state index in [1.54, 1.807) is 0 Å². The summed E-state index contributed by atoms with van der Waals surface area (Å²) in [6.07, 6.45) is 3.46. The average Bonchev–Trinajstić information content (AvgIpc) is 2.43. The molecule has 1 aliphatic rings. The van der Waals surface area contributed by atoms with Gasteiger partial charge in [-0.15, -0.1) is 0 Å². The number of hydrogen-bond acceptors (Lipinski definition) is 3. The van der Waals surface area contributed by atoms with E-state index in [2.05, 4.69) is 50.9 Å². The van der Waals surface area contributed by atoms with Gasteiger partial charge in [0.1, 0.15) is 5.54 Å². The molecule has 1 N–H and O–H groups in total. The summed E-state index contributed by atoms with van der Waals surface area (Å²) in [5.74, 6) is 1.72. The lowest BCUT2D eigenvalue weighted by Gasteiger charge is -2.44. The van der Waals surface area contributed by atoms with Crippen LogP contribution in [0, 0.1) is 29.1 Å². The van der Waals surface area contributed by atoms with Crippen LogP contribution in [0.5, 0.6) is 0 Å². The summed E-state index contributed by atoms with van der Waals surface area (Å²) in [7, 11) is 0. The zero-order valence-corrected chi connectivity index (χ0v) is 14.1. The summed E-state index contributed by atoms with van der Waals surface area (Å²) < 4.78 is 0. The van der Waals surface area contributed by atoms with Crippen molar-refractivity contribution in [2.45, 2.75) is 59.4 Å². The highest BCUT2D eigenvalue weighted by molar-refractivity contribution is 5.14. The zero-order valence-electron chi connectivity index (χ0n) is 14.1. The molecular weight excluding hydrogens is 246 g/mol. The highest BCUT2D eigenvalue weighted by Crippen LogP contribution is 2.40. The quantitative estimate of drug-likeness (QED) is 0.777. The topological polar surface area (TPSA) is 39.1 Å². The van der Waals surface area contributed by atoms with Crippen LogP contribution in [-0.4, -0.2) is 36.6 Å². The Balaban J connectivity index is 2.69. The molecule has 1 aliphatic carbocycles. The van der Waals surface area contributed by atoms with Crippen LogP contribution in [-0.2, 0) is 0 Å². The maximum atomic E-state index is 9.83. The third-order valence-corrected chi connectivity index (χ3v) is 5.04. The fourth-order valence-corrected chi connectivity index (χ4v) is 3.76. The first-order valence-electron chi connectivity index (χ1n) is 8.37. The number of likely N-dealkylation sites (N-methyl/N-ethyl adjacent to an activating group) is 1. The summed E-state index contributed by atoms with van der Waals surface area (Å²) in [5.41, 5.74) is -0.307. The first-order valence-corrected chi connectivity index (χ1v) is 8.37. The Morgan fingerprint density at radius 1 is 1.30 bits per heavy atom. The highest BCUT2D eigenvalue weighted by atomic mass is 15.1. The Labute approximate surface area is 125 Å². The van der Waals surface area contributed by atoms with Gasteiger partial charge in [0, 0.05) is 13.1 Å². The second kappa shape index (κ2) is 8.00. The van der Waals surface area contributed by atoms with Crippen LogP contribution in [0.4, 0.5) is 0 Å². The molecule has 0 aliphatic heterocycles. The normalized spacial score (nSPS) is 30.7. The van der Waals surface area contributed by atoms with Crippen LogP contribution in [0.2, 0.25) is 0 Å². The molecule has 0 spiro atoms. The minimum absolute atomic E-state index is 0.307. The maximum Gasteiger partial charge on any atom is 0.110 e. The van der Waals surface area contributed by atoms with Crippen LogP contribution in [0.3, 0.4) is 0 Å². The van der Waals surface area contributed by atoms with E-state index < -0.39 is 0 Å². The lowest BCUT2D eigenvalue weighted by atomic mass is 9.65. The molecule has 0 radical (unpaired) electrons. The van der Waals surface area contributed by atoms with E-state index in [0.29, 0.717) is 17.8 Å². The summed E-state index contributed by atoms with van der Waals surface area (Å²) in [4.78, 5) is 2.41. The molecule has 0 saturated heterocycles. The largest absolute Gasteiger partial charge is 0.303 e. The summed E-state index contributed by atoms with van der Waals surface area (Å²) >= 11 is 0. The van der Waals surface area contributed by atoms with Crippen molar-refractivity contribution >= 4 is 0 Å². The lowest BCUT2D eigenvalue weighted by Crippen LogP contribution is -2.56. The molecule has 116 valence electrons. The summed E-state index contributed by atoms with van der Waals surface area (Å²) in [6.45, 7) is 15.3. The Kier molecular flexibility index (Phi) is 6.99. The number of nitriles is 1. The van der Waals surface area contributed by atoms with Crippen LogP contribution in [0.1, 0.15) is 53.9 Å². The Morgan fingerprint density at radius 3 is 2.45 bits per heavy atom. The van der Waals surface area contributed by atoms with E-state index in [1.165, 1.54) is 12.8 Å². The van der Waals surface area contributed by atoms with Gasteiger partial charge in [0.25, 0.3) is 0 Å². The van der Waals surface area contributed by atoms with Gasteiger partial charge in [-0.25, -0.2) is 0 Å². The van der Waals surface area contributed by atoms with Crippen molar-refractivity contribution < 1.29 is 0 Å². The molecule has 20 heavy (non-hydrogen) atoms. The van der Waals surface area contributed by atoms with Crippen molar-refractivity contribution in [1.29, 1.82) is 5.26 Å². The number of nitrogens with zero attached hydrogens (tertiary/aromatic N) is 2. The van der Waals surface area contributed by atoms with Crippen LogP contribution < -0.4 is 5.32 Å². The smallest absolute Gasteiger partial charge is 0.110 e. The van der Waals surface area contributed by atoms with Crippen LogP contribution >= 0.6 is 0 Å². The van der Waals surface area contributed by atoms with Crippen molar-refractivity contribution in [3.8, 4) is 6.07 Å². The van der Waals surface area contributed by atoms with Crippen molar-refractivity contribution in [3.63, 3.8) is 0 Å². The van der Waals surface area contributed by atoms with Crippen molar-refractivity contribution in [3.05, 3.63) is 0 Å². The highest BCUT2D eigenvalue weighted by Gasteiger charge is 2.44. The first kappa shape index (κ1) is 17.5. The zero-order chi connectivity index (χ0) is 15.2. The molecule has 0 aromatic rings. The third kappa shape index (κ3) is 4.20. The van der Waals surface area contributed by atoms with E-state index in [4.69, 9.17) is 0 Å². The second-order valence-corrected chi connectivity index (χ2v) is 6.77. The first-order chi connectivity index (χ1) is 9.49. The van der Waals surface area contributed by atoms with E-state index in [9.17, 15) is 5.26 Å². The molecule has 0 amide bonds. The van der Waals surface area contributed by atoms with Gasteiger partial charge in [0.05, 0.1) is 6.07 Å². The standard InChI is InChI=1S/C17H33N3/c1-6-20(7-2)11-10-19-17(13-18)12-15(5)8-9-16(17)14(3)4/h14-16,19H,6-12H2,1-5H3. The van der Waals surface area contributed by atoms with E-state index in [1.807, 2.05) is 0 Å². The van der Waals surface area contributed by atoms with Crippen molar-refractivity contribution in [1.82, 2.24) is 10.2 Å². The third-order valence-electron chi connectivity index (χ3n) is 5.04. The van der Waals surface area contributed by atoms with E-state index >= 15 is 0 Å². The predicted molar refractivity (Wildman–Crippen MR) is 85.5 cm³/mol. The molecule has 1 rings (SSSR count). The summed E-state index contributed by atoms with van der Waals surface area (Å²) in [5, 5.41) is 13.5. The predicted octanol–water partition coefficient (Wildman–Crippen LogP) is 3.27. The number of rotatable bonds is 7. The minimum atomic E-state index is -0.307. The van der Waals surface area contributed by atoms with Crippen LogP contribution in [0.25, 0.3) is 0 Å². The fraction of sp³-hybridized carbons (Fsp3) is 0.941. The molecule has 3 heteroatoms. The van der Waals surface area contributed by atoms with E-state index in [-0.39, 0.29) is 5.54 Å². The SMILES string of the molecule is CCN(CC)CCNC1(C#N)CC(C)CCC1C(C)C. The summed E-state index contributed by atoms with van der Waals surface area (Å²) in [6, 6.07) is 2.66. The fourth-order valence-electron chi connectivity index (χ4n) is 3.76. The van der Waals surface area contributed by atoms with E-state index in [0.717, 1.165) is 32.6 Å². The molecule has 0 heterocycles. The number of hydrogen-bond donors (Lipinski definition) is 1. The molecule has 0 aromatic carbocycles. The van der Waals surface area contributed by atoms with Crippen LogP contribution in [0.15, 0.2) is 0 Å². The van der Waals surface area contributed by atoms with Gasteiger partial charge in [-0.05, 0) is 43.7 Å². The molecule has 0 bridgehead atoms. The molecule has 1 saturated carbocycles. The minimum Gasteiger partial charge on any atom is -0.303 e. The second-order valence-electron chi connectivity index (χ2n) is 6.77. The van der Waals surface area contributed by atoms with Gasteiger partial charge in [-0.1, -0.05) is 41.0 Å². The molecular formula is C17H33N3. The van der Waals surface area contributed by atoms with Gasteiger partial charge < -0.3 is 4.90 Å². The molecule has 1 fully saturated rings. The van der Waals surface area contributed by atoms with Gasteiger partial charge in [0.15, 0.2) is 0 Å². The Hall–Kier alpha value is -0.590. The Morgan fingerprint density at radius 2 is 1.95 bits per heavy atom. The van der Waals surface area contributed by atoms with Crippen molar-refractivity contribution in [2.75, 3.05) is 26.2 Å². The van der Waals surface area contributed by atoms with Crippen molar-refractivity contribution in [2.24, 2.45) is 17.8 Å². The van der Waals surface area contributed by atoms with Gasteiger partial charge >= 0.3 is 0 Å².